The molecule has 0 radical (unpaired) electrons. The fraction of sp³-hybridized carbons (Fsp3) is 1.00. The Morgan fingerprint density at radius 3 is 2.21 bits per heavy atom. The Hall–Kier alpha value is -0.130. The van der Waals surface area contributed by atoms with Gasteiger partial charge in [-0.2, -0.15) is 0 Å². The summed E-state index contributed by atoms with van der Waals surface area (Å²) >= 11 is 0. The zero-order valence-electron chi connectivity index (χ0n) is 8.94. The number of sulfonamides is 1. The van der Waals surface area contributed by atoms with Crippen molar-refractivity contribution in [2.75, 3.05) is 25.4 Å². The van der Waals surface area contributed by atoms with Crippen molar-refractivity contribution >= 4 is 10.0 Å². The minimum Gasteiger partial charge on any atom is -0.330 e. The van der Waals surface area contributed by atoms with Gasteiger partial charge >= 0.3 is 0 Å². The first-order valence-electron chi connectivity index (χ1n) is 5.15. The molecule has 0 saturated carbocycles. The Balaban J connectivity index is 2.57. The summed E-state index contributed by atoms with van der Waals surface area (Å²) in [5.74, 6) is 1.15. The van der Waals surface area contributed by atoms with Crippen LogP contribution in [0.25, 0.3) is 0 Å². The van der Waals surface area contributed by atoms with Gasteiger partial charge in [-0.3, -0.25) is 0 Å². The third-order valence-electron chi connectivity index (χ3n) is 2.95. The van der Waals surface area contributed by atoms with Gasteiger partial charge in [0.2, 0.25) is 10.0 Å². The van der Waals surface area contributed by atoms with Crippen molar-refractivity contribution in [3.05, 3.63) is 0 Å². The molecule has 0 aromatic carbocycles. The van der Waals surface area contributed by atoms with E-state index in [1.165, 1.54) is 0 Å². The van der Waals surface area contributed by atoms with E-state index in [0.29, 0.717) is 37.9 Å². The van der Waals surface area contributed by atoms with E-state index in [1.807, 2.05) is 0 Å². The van der Waals surface area contributed by atoms with Crippen LogP contribution in [0.3, 0.4) is 0 Å². The van der Waals surface area contributed by atoms with Crippen LogP contribution in [0.1, 0.15) is 20.3 Å². The van der Waals surface area contributed by atoms with Crippen molar-refractivity contribution < 1.29 is 8.42 Å². The number of hydrogen-bond acceptors (Lipinski definition) is 3. The molecule has 1 rings (SSSR count). The van der Waals surface area contributed by atoms with Gasteiger partial charge in [-0.25, -0.2) is 12.7 Å². The summed E-state index contributed by atoms with van der Waals surface area (Å²) in [5.41, 5.74) is 5.31. The third kappa shape index (κ3) is 2.68. The summed E-state index contributed by atoms with van der Waals surface area (Å²) in [7, 11) is -3.03. The second-order valence-electron chi connectivity index (χ2n) is 4.23. The maximum absolute atomic E-state index is 11.8. The smallest absolute Gasteiger partial charge is 0.214 e. The molecule has 4 nitrogen and oxygen atoms in total. The lowest BCUT2D eigenvalue weighted by Gasteiger charge is -2.15. The van der Waals surface area contributed by atoms with Crippen LogP contribution in [-0.4, -0.2) is 38.1 Å². The molecule has 1 heterocycles. The first-order chi connectivity index (χ1) is 6.47. The molecule has 0 aliphatic carbocycles. The molecule has 0 aromatic rings. The van der Waals surface area contributed by atoms with Crippen LogP contribution in [0.15, 0.2) is 0 Å². The fourth-order valence-corrected chi connectivity index (χ4v) is 3.41. The van der Waals surface area contributed by atoms with Crippen LogP contribution in [0.2, 0.25) is 0 Å². The van der Waals surface area contributed by atoms with E-state index in [2.05, 4.69) is 13.8 Å². The molecule has 84 valence electrons. The molecule has 1 fully saturated rings. The van der Waals surface area contributed by atoms with Crippen LogP contribution in [0.4, 0.5) is 0 Å². The molecule has 0 bridgehead atoms. The lowest BCUT2D eigenvalue weighted by atomic mass is 10.0. The van der Waals surface area contributed by atoms with Gasteiger partial charge in [-0.15, -0.1) is 0 Å². The summed E-state index contributed by atoms with van der Waals surface area (Å²) in [6, 6.07) is 0. The standard InChI is InChI=1S/C9H20N2O2S/c1-8-6-11(7-9(8)2)14(12,13)5-3-4-10/h8-9H,3-7,10H2,1-2H3. The molecule has 2 unspecified atom stereocenters. The molecule has 0 spiro atoms. The van der Waals surface area contributed by atoms with Crippen molar-refractivity contribution in [2.45, 2.75) is 20.3 Å². The Bertz CT molecular complexity index is 267. The molecule has 5 heteroatoms. The van der Waals surface area contributed by atoms with Gasteiger partial charge in [0.05, 0.1) is 5.75 Å². The first-order valence-corrected chi connectivity index (χ1v) is 6.76. The first kappa shape index (κ1) is 11.9. The summed E-state index contributed by atoms with van der Waals surface area (Å²) < 4.78 is 25.1. The predicted molar refractivity (Wildman–Crippen MR) is 57.4 cm³/mol. The van der Waals surface area contributed by atoms with E-state index in [-0.39, 0.29) is 5.75 Å². The lowest BCUT2D eigenvalue weighted by Crippen LogP contribution is -2.31. The number of nitrogens with two attached hydrogens (primary N) is 1. The van der Waals surface area contributed by atoms with Gasteiger partial charge in [0.25, 0.3) is 0 Å². The highest BCUT2D eigenvalue weighted by Crippen LogP contribution is 2.24. The number of hydrogen-bond donors (Lipinski definition) is 1. The maximum atomic E-state index is 11.8. The molecule has 1 aliphatic rings. The van der Waals surface area contributed by atoms with Crippen molar-refractivity contribution in [3.63, 3.8) is 0 Å². The SMILES string of the molecule is CC1CN(S(=O)(=O)CCCN)CC1C. The highest BCUT2D eigenvalue weighted by Gasteiger charge is 2.33. The van der Waals surface area contributed by atoms with Gasteiger partial charge in [-0.05, 0) is 24.8 Å². The normalized spacial score (nSPS) is 29.6. The number of rotatable bonds is 4. The zero-order chi connectivity index (χ0) is 10.8. The van der Waals surface area contributed by atoms with Crippen molar-refractivity contribution in [2.24, 2.45) is 17.6 Å². The maximum Gasteiger partial charge on any atom is 0.214 e. The average Bonchev–Trinajstić information content (AvgIpc) is 2.45. The van der Waals surface area contributed by atoms with E-state index < -0.39 is 10.0 Å². The Kier molecular flexibility index (Phi) is 3.92. The molecular formula is C9H20N2O2S. The highest BCUT2D eigenvalue weighted by atomic mass is 32.2. The fourth-order valence-electron chi connectivity index (χ4n) is 1.70. The Morgan fingerprint density at radius 2 is 1.79 bits per heavy atom. The van der Waals surface area contributed by atoms with E-state index in [1.54, 1.807) is 4.31 Å². The Morgan fingerprint density at radius 1 is 1.29 bits per heavy atom. The predicted octanol–water partition coefficient (Wildman–Crippen LogP) is 0.253. The largest absolute Gasteiger partial charge is 0.330 e. The van der Waals surface area contributed by atoms with Crippen LogP contribution in [0.5, 0.6) is 0 Å². The average molecular weight is 220 g/mol. The summed E-state index contributed by atoms with van der Waals surface area (Å²) in [5, 5.41) is 0. The van der Waals surface area contributed by atoms with Gasteiger partial charge in [-0.1, -0.05) is 13.8 Å². The minimum absolute atomic E-state index is 0.197. The summed E-state index contributed by atoms with van der Waals surface area (Å²) in [4.78, 5) is 0. The third-order valence-corrected chi connectivity index (χ3v) is 4.84. The van der Waals surface area contributed by atoms with Crippen LogP contribution in [-0.2, 0) is 10.0 Å². The molecule has 2 N–H and O–H groups in total. The van der Waals surface area contributed by atoms with Crippen LogP contribution in [0, 0.1) is 11.8 Å². The molecule has 1 aliphatic heterocycles. The lowest BCUT2D eigenvalue weighted by molar-refractivity contribution is 0.462. The quantitative estimate of drug-likeness (QED) is 0.739. The monoisotopic (exact) mass is 220 g/mol. The van der Waals surface area contributed by atoms with E-state index in [0.717, 1.165) is 0 Å². The second-order valence-corrected chi connectivity index (χ2v) is 6.32. The van der Waals surface area contributed by atoms with Crippen molar-refractivity contribution in [1.29, 1.82) is 0 Å². The topological polar surface area (TPSA) is 63.4 Å². The van der Waals surface area contributed by atoms with E-state index >= 15 is 0 Å². The zero-order valence-corrected chi connectivity index (χ0v) is 9.76. The molecule has 2 atom stereocenters. The van der Waals surface area contributed by atoms with Crippen molar-refractivity contribution in [1.82, 2.24) is 4.31 Å². The van der Waals surface area contributed by atoms with Gasteiger partial charge < -0.3 is 5.73 Å². The second kappa shape index (κ2) is 4.59. The van der Waals surface area contributed by atoms with Crippen molar-refractivity contribution in [3.8, 4) is 0 Å². The highest BCUT2D eigenvalue weighted by molar-refractivity contribution is 7.89. The van der Waals surface area contributed by atoms with Crippen LogP contribution >= 0.6 is 0 Å². The summed E-state index contributed by atoms with van der Waals surface area (Å²) in [6.45, 7) is 5.99. The molecule has 0 aromatic heterocycles. The van der Waals surface area contributed by atoms with Gasteiger partial charge in [0, 0.05) is 13.1 Å². The van der Waals surface area contributed by atoms with Gasteiger partial charge in [0.1, 0.15) is 0 Å². The van der Waals surface area contributed by atoms with E-state index in [9.17, 15) is 8.42 Å². The van der Waals surface area contributed by atoms with Gasteiger partial charge in [0.15, 0.2) is 0 Å². The summed E-state index contributed by atoms with van der Waals surface area (Å²) in [6.07, 6.45) is 0.557. The molecule has 0 amide bonds. The Labute approximate surface area is 86.5 Å². The molecule has 1 saturated heterocycles. The van der Waals surface area contributed by atoms with E-state index in [4.69, 9.17) is 5.73 Å². The minimum atomic E-state index is -3.03. The molecule has 14 heavy (non-hydrogen) atoms. The van der Waals surface area contributed by atoms with Crippen LogP contribution < -0.4 is 5.73 Å². The number of nitrogens with zero attached hydrogens (tertiary/aromatic N) is 1. The molecular weight excluding hydrogens is 200 g/mol.